The minimum atomic E-state index is -0.515. The maximum Gasteiger partial charge on any atom is 0.117 e. The van der Waals surface area contributed by atoms with Gasteiger partial charge in [-0.15, -0.1) is 0 Å². The smallest absolute Gasteiger partial charge is 0.117 e. The molecule has 0 aromatic heterocycles. The van der Waals surface area contributed by atoms with Gasteiger partial charge in [-0.05, 0) is 35.8 Å². The average molecular weight is 304 g/mol. The summed E-state index contributed by atoms with van der Waals surface area (Å²) in [6.45, 7) is 4.48. The third-order valence-corrected chi connectivity index (χ3v) is 6.58. The number of fused-ring (bicyclic) bond motifs is 5. The zero-order valence-electron chi connectivity index (χ0n) is 15.5. The van der Waals surface area contributed by atoms with E-state index in [2.05, 4.69) is 38.1 Å². The predicted molar refractivity (Wildman–Crippen MR) is 91.1 cm³/mol. The van der Waals surface area contributed by atoms with Gasteiger partial charge in [0.05, 0.1) is 0 Å². The molecule has 2 aliphatic carbocycles. The van der Waals surface area contributed by atoms with Gasteiger partial charge in [0.25, 0.3) is 0 Å². The zero-order valence-corrected chi connectivity index (χ0v) is 13.5. The van der Waals surface area contributed by atoms with Crippen LogP contribution in [0.3, 0.4) is 0 Å². The molecule has 0 saturated heterocycles. The van der Waals surface area contributed by atoms with E-state index in [1.165, 1.54) is 0 Å². The van der Waals surface area contributed by atoms with Crippen LogP contribution < -0.4 is 0 Å². The fourth-order valence-electron chi connectivity index (χ4n) is 5.40. The molecule has 6 atom stereocenters. The Kier molecular flexibility index (Phi) is 2.07. The summed E-state index contributed by atoms with van der Waals surface area (Å²) in [6.07, 6.45) is -0.816. The Morgan fingerprint density at radius 2 is 1.17 bits per heavy atom. The van der Waals surface area contributed by atoms with Gasteiger partial charge in [0.1, 0.15) is 11.1 Å². The molecule has 2 aromatic carbocycles. The van der Waals surface area contributed by atoms with E-state index in [0.29, 0.717) is 0 Å². The number of benzene rings is 2. The van der Waals surface area contributed by atoms with Crippen molar-refractivity contribution in [3.63, 3.8) is 0 Å². The van der Waals surface area contributed by atoms with Crippen molar-refractivity contribution in [3.05, 3.63) is 71.8 Å². The highest BCUT2D eigenvalue weighted by Gasteiger charge is 2.79. The summed E-state index contributed by atoms with van der Waals surface area (Å²) in [7, 11) is 0. The molecule has 5 rings (SSSR count). The average Bonchev–Trinajstić information content (AvgIpc) is 2.99. The highest BCUT2D eigenvalue weighted by atomic mass is 15.3. The van der Waals surface area contributed by atoms with E-state index in [-0.39, 0.29) is 17.3 Å². The lowest BCUT2D eigenvalue weighted by Gasteiger charge is -2.45. The molecular weight excluding hydrogens is 280 g/mol. The molecule has 2 saturated carbocycles. The number of nitrogens with zero attached hydrogens (tertiary/aromatic N) is 2. The lowest BCUT2D eigenvalue weighted by atomic mass is 9.62. The molecule has 1 aliphatic heterocycles. The van der Waals surface area contributed by atoms with Gasteiger partial charge in [0.2, 0.25) is 0 Å². The SMILES string of the molecule is [2H]C1C([2H])C2C1C1(c3ccccc3)N=NC2(c2ccccc2)C1(C)C. The molecule has 3 aliphatic rings. The zero-order chi connectivity index (χ0) is 17.4. The van der Waals surface area contributed by atoms with Gasteiger partial charge < -0.3 is 0 Å². The van der Waals surface area contributed by atoms with Gasteiger partial charge >= 0.3 is 0 Å². The van der Waals surface area contributed by atoms with Crippen molar-refractivity contribution in [2.24, 2.45) is 27.5 Å². The lowest BCUT2D eigenvalue weighted by Crippen LogP contribution is -2.43. The predicted octanol–water partition coefficient (Wildman–Crippen LogP) is 5.31. The summed E-state index contributed by atoms with van der Waals surface area (Å²) >= 11 is 0. The van der Waals surface area contributed by atoms with Crippen molar-refractivity contribution in [2.75, 3.05) is 0 Å². The molecule has 0 amide bonds. The number of rotatable bonds is 2. The number of hydrogen-bond acceptors (Lipinski definition) is 2. The fourth-order valence-corrected chi connectivity index (χ4v) is 5.40. The molecule has 2 aromatic rings. The van der Waals surface area contributed by atoms with Crippen LogP contribution in [0.2, 0.25) is 0 Å². The van der Waals surface area contributed by atoms with Gasteiger partial charge in [-0.1, -0.05) is 74.5 Å². The van der Waals surface area contributed by atoms with Crippen LogP contribution >= 0.6 is 0 Å². The van der Waals surface area contributed by atoms with Crippen molar-refractivity contribution in [1.82, 2.24) is 0 Å². The minimum Gasteiger partial charge on any atom is -0.181 e. The Morgan fingerprint density at radius 1 is 0.783 bits per heavy atom. The Balaban J connectivity index is 1.81. The first kappa shape index (κ1) is 11.6. The third kappa shape index (κ3) is 1.26. The van der Waals surface area contributed by atoms with E-state index < -0.39 is 23.9 Å². The van der Waals surface area contributed by atoms with E-state index in [1.54, 1.807) is 0 Å². The standard InChI is InChI=1S/C21H22N2/c1-19(2)20(15-9-5-3-6-10-15)17-13-14-18(17)21(19,23-22-20)16-11-7-4-8-12-16/h3-12,17-18H,13-14H2,1-2H3/i13D,14D. The molecule has 2 bridgehead atoms. The summed E-state index contributed by atoms with van der Waals surface area (Å²) < 4.78 is 17.2. The van der Waals surface area contributed by atoms with Gasteiger partial charge in [-0.3, -0.25) is 0 Å². The summed E-state index contributed by atoms with van der Waals surface area (Å²) in [5.41, 5.74) is 0.960. The second-order valence-electron chi connectivity index (χ2n) is 7.53. The van der Waals surface area contributed by atoms with Crippen LogP contribution in [0, 0.1) is 17.3 Å². The Morgan fingerprint density at radius 3 is 1.57 bits per heavy atom. The first-order valence-electron chi connectivity index (χ1n) is 9.53. The van der Waals surface area contributed by atoms with Crippen molar-refractivity contribution in [2.45, 2.75) is 37.7 Å². The summed E-state index contributed by atoms with van der Waals surface area (Å²) in [5, 5.41) is 9.79. The van der Waals surface area contributed by atoms with Crippen LogP contribution in [0.5, 0.6) is 0 Å². The highest BCUT2D eigenvalue weighted by Crippen LogP contribution is 2.78. The summed E-state index contributed by atoms with van der Waals surface area (Å²) in [5.74, 6) is 0.0928. The van der Waals surface area contributed by atoms with Crippen molar-refractivity contribution >= 4 is 0 Å². The monoisotopic (exact) mass is 304 g/mol. The maximum atomic E-state index is 8.61. The molecular formula is C21H22N2. The molecule has 1 heterocycles. The van der Waals surface area contributed by atoms with Crippen LogP contribution in [0.1, 0.15) is 40.5 Å². The van der Waals surface area contributed by atoms with Crippen LogP contribution in [0.25, 0.3) is 0 Å². The Bertz CT molecular complexity index is 781. The fraction of sp³-hybridized carbons (Fsp3) is 0.429. The minimum absolute atomic E-state index is 0.0464. The topological polar surface area (TPSA) is 24.7 Å². The van der Waals surface area contributed by atoms with Crippen molar-refractivity contribution in [3.8, 4) is 0 Å². The lowest BCUT2D eigenvalue weighted by molar-refractivity contribution is 0.0843. The largest absolute Gasteiger partial charge is 0.181 e. The van der Waals surface area contributed by atoms with E-state index in [4.69, 9.17) is 13.0 Å². The molecule has 6 unspecified atom stereocenters. The molecule has 2 fully saturated rings. The Labute approximate surface area is 140 Å². The van der Waals surface area contributed by atoms with E-state index in [1.807, 2.05) is 36.4 Å². The summed E-state index contributed by atoms with van der Waals surface area (Å²) in [6, 6.07) is 20.7. The molecule has 0 N–H and O–H groups in total. The van der Waals surface area contributed by atoms with Gasteiger partial charge in [-0.2, -0.15) is 10.2 Å². The number of hydrogen-bond donors (Lipinski definition) is 0. The molecule has 23 heavy (non-hydrogen) atoms. The Hall–Kier alpha value is -1.96. The van der Waals surface area contributed by atoms with E-state index in [0.717, 1.165) is 11.1 Å². The van der Waals surface area contributed by atoms with E-state index >= 15 is 0 Å². The molecule has 116 valence electrons. The number of azo groups is 1. The van der Waals surface area contributed by atoms with Gasteiger partial charge in [0.15, 0.2) is 0 Å². The van der Waals surface area contributed by atoms with Gasteiger partial charge in [-0.25, -0.2) is 0 Å². The van der Waals surface area contributed by atoms with Crippen molar-refractivity contribution in [1.29, 1.82) is 0 Å². The normalized spacial score (nSPS) is 46.7. The maximum absolute atomic E-state index is 8.61. The highest BCUT2D eigenvalue weighted by molar-refractivity contribution is 5.45. The van der Waals surface area contributed by atoms with Crippen LogP contribution in [-0.2, 0) is 11.1 Å². The third-order valence-electron chi connectivity index (χ3n) is 6.58. The first-order valence-corrected chi connectivity index (χ1v) is 8.38. The second kappa shape index (κ2) is 4.11. The molecule has 2 heteroatoms. The van der Waals surface area contributed by atoms with E-state index in [9.17, 15) is 0 Å². The van der Waals surface area contributed by atoms with Gasteiger partial charge in [0, 0.05) is 8.16 Å². The van der Waals surface area contributed by atoms with Crippen LogP contribution in [0.4, 0.5) is 0 Å². The van der Waals surface area contributed by atoms with Crippen LogP contribution in [0.15, 0.2) is 70.9 Å². The first-order chi connectivity index (χ1) is 12.0. The quantitative estimate of drug-likeness (QED) is 0.718. The second-order valence-corrected chi connectivity index (χ2v) is 7.53. The summed E-state index contributed by atoms with van der Waals surface area (Å²) in [4.78, 5) is 0. The van der Waals surface area contributed by atoms with Crippen molar-refractivity contribution < 1.29 is 2.74 Å². The molecule has 0 spiro atoms. The van der Waals surface area contributed by atoms with Crippen LogP contribution in [-0.4, -0.2) is 0 Å². The molecule has 0 radical (unpaired) electrons. The molecule has 2 nitrogen and oxygen atoms in total.